The molecular formula is C17H22IN4O6. The molecule has 1 unspecified atom stereocenters. The van der Waals surface area contributed by atoms with Gasteiger partial charge in [-0.05, 0) is 54.3 Å². The number of hydrogen-bond donors (Lipinski definition) is 5. The lowest BCUT2D eigenvalue weighted by atomic mass is 10.1. The van der Waals surface area contributed by atoms with Gasteiger partial charge in [-0.3, -0.25) is 14.6 Å². The second kappa shape index (κ2) is 12.9. The van der Waals surface area contributed by atoms with E-state index < -0.39 is 24.0 Å². The molecule has 1 aromatic rings. The average Bonchev–Trinajstić information content (AvgIpc) is 2.63. The van der Waals surface area contributed by atoms with Gasteiger partial charge in [0.05, 0.1) is 12.1 Å². The van der Waals surface area contributed by atoms with E-state index in [1.54, 1.807) is 12.3 Å². The number of aliphatic carboxylic acids is 2. The predicted octanol–water partition coefficient (Wildman–Crippen LogP) is 1.37. The number of nitrogens with one attached hydrogen (secondary N) is 3. The number of amides is 3. The first-order valence-electron chi connectivity index (χ1n) is 8.51. The van der Waals surface area contributed by atoms with Crippen LogP contribution in [0.4, 0.5) is 4.79 Å². The molecule has 1 rings (SSSR count). The molecule has 0 aliphatic rings. The fourth-order valence-corrected chi connectivity index (χ4v) is 2.63. The summed E-state index contributed by atoms with van der Waals surface area (Å²) in [5.74, 6) is -2.42. The Kier molecular flexibility index (Phi) is 10.8. The Bertz CT molecular complexity index is 700. The van der Waals surface area contributed by atoms with Crippen LogP contribution in [-0.4, -0.2) is 51.7 Å². The lowest BCUT2D eigenvalue weighted by Crippen LogP contribution is -2.45. The van der Waals surface area contributed by atoms with Gasteiger partial charge in [0.25, 0.3) is 5.91 Å². The Morgan fingerprint density at radius 3 is 2.57 bits per heavy atom. The first-order valence-corrected chi connectivity index (χ1v) is 9.59. The molecular weight excluding hydrogens is 481 g/mol. The molecule has 0 aromatic carbocycles. The van der Waals surface area contributed by atoms with E-state index in [2.05, 4.69) is 43.5 Å². The van der Waals surface area contributed by atoms with Crippen molar-refractivity contribution >= 4 is 46.5 Å². The van der Waals surface area contributed by atoms with Gasteiger partial charge < -0.3 is 26.2 Å². The molecule has 3 amide bonds. The number of unbranched alkanes of at least 4 members (excludes halogenated alkanes) is 1. The predicted molar refractivity (Wildman–Crippen MR) is 107 cm³/mol. The first kappa shape index (κ1) is 23.6. The molecule has 10 nitrogen and oxygen atoms in total. The van der Waals surface area contributed by atoms with E-state index in [1.807, 2.05) is 0 Å². The van der Waals surface area contributed by atoms with Crippen molar-refractivity contribution in [3.05, 3.63) is 34.1 Å². The highest BCUT2D eigenvalue weighted by Gasteiger charge is 2.19. The molecule has 5 N–H and O–H groups in total. The highest BCUT2D eigenvalue weighted by atomic mass is 125. The number of nitrogens with zero attached hydrogens (tertiary/aromatic N) is 1. The SMILES string of the molecule is O=C(O)CC[CH]NC(=O)NC(CCCCNC(=O)c1cncc([125I])c1)C(=O)O. The number of carboxylic acids is 2. The summed E-state index contributed by atoms with van der Waals surface area (Å²) in [5.41, 5.74) is 0.452. The number of pyridine rings is 1. The third-order valence-corrected chi connectivity index (χ3v) is 4.10. The maximum absolute atomic E-state index is 12.0. The molecule has 1 heterocycles. The van der Waals surface area contributed by atoms with Crippen molar-refractivity contribution in [1.29, 1.82) is 0 Å². The van der Waals surface area contributed by atoms with Crippen molar-refractivity contribution in [2.45, 2.75) is 38.1 Å². The van der Waals surface area contributed by atoms with Gasteiger partial charge in [-0.15, -0.1) is 0 Å². The first-order chi connectivity index (χ1) is 13.3. The van der Waals surface area contributed by atoms with Crippen molar-refractivity contribution in [3.8, 4) is 0 Å². The maximum Gasteiger partial charge on any atom is 0.326 e. The van der Waals surface area contributed by atoms with Crippen molar-refractivity contribution < 1.29 is 29.4 Å². The normalized spacial score (nSPS) is 11.3. The number of rotatable bonds is 12. The Balaban J connectivity index is 2.26. The van der Waals surface area contributed by atoms with Gasteiger partial charge in [0.2, 0.25) is 0 Å². The summed E-state index contributed by atoms with van der Waals surface area (Å²) in [7, 11) is 0. The molecule has 0 saturated carbocycles. The van der Waals surface area contributed by atoms with E-state index >= 15 is 0 Å². The monoisotopic (exact) mass is 503 g/mol. The molecule has 28 heavy (non-hydrogen) atoms. The zero-order chi connectivity index (χ0) is 20.9. The summed E-state index contributed by atoms with van der Waals surface area (Å²) in [6, 6.07) is -0.0833. The minimum atomic E-state index is -1.17. The number of hydrogen-bond acceptors (Lipinski definition) is 5. The fourth-order valence-electron chi connectivity index (χ4n) is 2.13. The number of carboxylic acid groups (broad SMARTS) is 2. The van der Waals surface area contributed by atoms with Crippen LogP contribution in [-0.2, 0) is 9.59 Å². The minimum absolute atomic E-state index is 0.132. The highest BCUT2D eigenvalue weighted by molar-refractivity contribution is 14.1. The minimum Gasteiger partial charge on any atom is -0.481 e. The van der Waals surface area contributed by atoms with Crippen LogP contribution >= 0.6 is 22.6 Å². The molecule has 1 radical (unpaired) electrons. The third kappa shape index (κ3) is 10.0. The lowest BCUT2D eigenvalue weighted by Gasteiger charge is -2.15. The largest absolute Gasteiger partial charge is 0.481 e. The molecule has 0 aliphatic heterocycles. The smallest absolute Gasteiger partial charge is 0.326 e. The van der Waals surface area contributed by atoms with Crippen molar-refractivity contribution in [2.24, 2.45) is 0 Å². The van der Waals surface area contributed by atoms with Crippen LogP contribution in [0.5, 0.6) is 0 Å². The summed E-state index contributed by atoms with van der Waals surface area (Å²) in [6.07, 6.45) is 4.32. The number of carbonyl (C=O) groups is 4. The topological polar surface area (TPSA) is 158 Å². The summed E-state index contributed by atoms with van der Waals surface area (Å²) in [6.45, 7) is 1.63. The standard InChI is InChI=1S/C17H22IN4O6/c18-12-8-11(9-19-10-12)15(25)20-6-2-1-4-13(16(26)27)22-17(28)21-7-3-5-14(23)24/h7-10,13H,1-6H2,(H,20,25)(H,23,24)(H,26,27)(H2,21,22,28)/i18-2. The van der Waals surface area contributed by atoms with Gasteiger partial charge in [-0.25, -0.2) is 9.59 Å². The van der Waals surface area contributed by atoms with Crippen LogP contribution < -0.4 is 16.0 Å². The van der Waals surface area contributed by atoms with Crippen LogP contribution in [0.3, 0.4) is 0 Å². The third-order valence-electron chi connectivity index (χ3n) is 3.51. The molecule has 0 saturated heterocycles. The van der Waals surface area contributed by atoms with Crippen molar-refractivity contribution in [2.75, 3.05) is 6.54 Å². The number of halogens is 1. The quantitative estimate of drug-likeness (QED) is 0.213. The zero-order valence-corrected chi connectivity index (χ0v) is 17.1. The lowest BCUT2D eigenvalue weighted by molar-refractivity contribution is -0.139. The molecule has 153 valence electrons. The number of aromatic nitrogens is 1. The van der Waals surface area contributed by atoms with Gasteiger partial charge in [-0.1, -0.05) is 0 Å². The van der Waals surface area contributed by atoms with Crippen LogP contribution in [0.2, 0.25) is 0 Å². The summed E-state index contributed by atoms with van der Waals surface area (Å²) in [5, 5.41) is 25.0. The Morgan fingerprint density at radius 2 is 1.93 bits per heavy atom. The fraction of sp³-hybridized carbons (Fsp3) is 0.412. The molecule has 11 heteroatoms. The second-order valence-corrected chi connectivity index (χ2v) is 7.03. The summed E-state index contributed by atoms with van der Waals surface area (Å²) < 4.78 is 0.846. The van der Waals surface area contributed by atoms with E-state index in [0.29, 0.717) is 24.9 Å². The van der Waals surface area contributed by atoms with Crippen molar-refractivity contribution in [1.82, 2.24) is 20.9 Å². The van der Waals surface area contributed by atoms with Crippen LogP contribution in [0.15, 0.2) is 18.5 Å². The second-order valence-electron chi connectivity index (χ2n) is 5.79. The highest BCUT2D eigenvalue weighted by Crippen LogP contribution is 2.06. The van der Waals surface area contributed by atoms with E-state index in [1.165, 1.54) is 12.7 Å². The maximum atomic E-state index is 12.0. The molecule has 0 fully saturated rings. The van der Waals surface area contributed by atoms with Gasteiger partial charge in [0, 0.05) is 28.9 Å². The van der Waals surface area contributed by atoms with Gasteiger partial charge in [0.1, 0.15) is 6.04 Å². The van der Waals surface area contributed by atoms with Gasteiger partial charge >= 0.3 is 18.0 Å². The number of urea groups is 1. The summed E-state index contributed by atoms with van der Waals surface area (Å²) in [4.78, 5) is 49.1. The Labute approximate surface area is 175 Å². The average molecular weight is 503 g/mol. The van der Waals surface area contributed by atoms with Crippen molar-refractivity contribution in [3.63, 3.8) is 0 Å². The molecule has 0 bridgehead atoms. The van der Waals surface area contributed by atoms with Gasteiger partial charge in [-0.2, -0.15) is 0 Å². The Morgan fingerprint density at radius 1 is 1.18 bits per heavy atom. The molecule has 0 aliphatic carbocycles. The van der Waals surface area contributed by atoms with Crippen LogP contribution in [0, 0.1) is 10.1 Å². The van der Waals surface area contributed by atoms with E-state index in [9.17, 15) is 24.3 Å². The molecule has 1 atom stereocenters. The molecule has 0 spiro atoms. The molecule has 1 aromatic heterocycles. The van der Waals surface area contributed by atoms with Gasteiger partial charge in [0.15, 0.2) is 0 Å². The summed E-state index contributed by atoms with van der Waals surface area (Å²) >= 11 is 2.06. The zero-order valence-electron chi connectivity index (χ0n) is 15.0. The van der Waals surface area contributed by atoms with Crippen LogP contribution in [0.25, 0.3) is 0 Å². The number of carbonyl (C=O) groups excluding carboxylic acids is 2. The van der Waals surface area contributed by atoms with E-state index in [4.69, 9.17) is 5.11 Å². The Hall–Kier alpha value is -2.44. The van der Waals surface area contributed by atoms with Crippen LogP contribution in [0.1, 0.15) is 42.5 Å². The van der Waals surface area contributed by atoms with E-state index in [0.717, 1.165) is 3.57 Å². The van der Waals surface area contributed by atoms with E-state index in [-0.39, 0.29) is 25.2 Å².